The molecule has 3 nitrogen and oxygen atoms in total. The van der Waals surface area contributed by atoms with E-state index in [0.29, 0.717) is 5.92 Å². The van der Waals surface area contributed by atoms with Gasteiger partial charge in [0.15, 0.2) is 0 Å². The van der Waals surface area contributed by atoms with E-state index in [-0.39, 0.29) is 0 Å². The molecule has 0 aromatic carbocycles. The Hall–Kier alpha value is -1.38. The van der Waals surface area contributed by atoms with Crippen molar-refractivity contribution in [2.75, 3.05) is 13.1 Å². The maximum Gasteiger partial charge on any atom is 0.209 e. The third kappa shape index (κ3) is 1.18. The summed E-state index contributed by atoms with van der Waals surface area (Å²) < 4.78 is 0. The van der Waals surface area contributed by atoms with Crippen molar-refractivity contribution in [2.24, 2.45) is 0 Å². The van der Waals surface area contributed by atoms with Gasteiger partial charge >= 0.3 is 0 Å². The molecule has 12 heavy (non-hydrogen) atoms. The number of carbonyl (C=O) groups is 1. The lowest BCUT2D eigenvalue weighted by Crippen LogP contribution is -2.43. The monoisotopic (exact) mass is 162 g/mol. The first-order valence-electron chi connectivity index (χ1n) is 3.99. The Balaban J connectivity index is 2.01. The predicted molar refractivity (Wildman–Crippen MR) is 44.6 cm³/mol. The summed E-state index contributed by atoms with van der Waals surface area (Å²) >= 11 is 0. The normalized spacial score (nSPS) is 17.2. The van der Waals surface area contributed by atoms with Gasteiger partial charge in [0.25, 0.3) is 0 Å². The molecule has 2 rings (SSSR count). The van der Waals surface area contributed by atoms with Crippen molar-refractivity contribution in [3.05, 3.63) is 30.1 Å². The molecule has 0 saturated carbocycles. The zero-order chi connectivity index (χ0) is 8.39. The Bertz CT molecular complexity index is 267. The fourth-order valence-electron chi connectivity index (χ4n) is 1.45. The number of hydrogen-bond acceptors (Lipinski definition) is 2. The van der Waals surface area contributed by atoms with Gasteiger partial charge in [-0.15, -0.1) is 0 Å². The molecule has 1 aromatic rings. The number of carbonyl (C=O) groups excluding carboxylic acids is 1. The first-order chi connectivity index (χ1) is 5.90. The Morgan fingerprint density at radius 2 is 2.08 bits per heavy atom. The Kier molecular flexibility index (Phi) is 1.78. The minimum absolute atomic E-state index is 0.526. The highest BCUT2D eigenvalue weighted by Gasteiger charge is 2.26. The highest BCUT2D eigenvalue weighted by Crippen LogP contribution is 2.24. The van der Waals surface area contributed by atoms with E-state index in [1.54, 1.807) is 17.3 Å². The molecule has 1 saturated heterocycles. The predicted octanol–water partition coefficient (Wildman–Crippen LogP) is 0.637. The van der Waals surface area contributed by atoms with Gasteiger partial charge in [0, 0.05) is 31.4 Å². The van der Waals surface area contributed by atoms with Crippen LogP contribution < -0.4 is 0 Å². The van der Waals surface area contributed by atoms with Crippen molar-refractivity contribution in [3.8, 4) is 0 Å². The summed E-state index contributed by atoms with van der Waals surface area (Å²) in [6.07, 6.45) is 4.48. The summed E-state index contributed by atoms with van der Waals surface area (Å²) in [4.78, 5) is 16.0. The van der Waals surface area contributed by atoms with Gasteiger partial charge in [0.05, 0.1) is 0 Å². The van der Waals surface area contributed by atoms with Crippen LogP contribution in [0.15, 0.2) is 24.5 Å². The van der Waals surface area contributed by atoms with Gasteiger partial charge in [0.1, 0.15) is 0 Å². The van der Waals surface area contributed by atoms with Crippen molar-refractivity contribution in [3.63, 3.8) is 0 Å². The minimum Gasteiger partial charge on any atom is -0.344 e. The van der Waals surface area contributed by atoms with Crippen molar-refractivity contribution < 1.29 is 4.79 Å². The maximum absolute atomic E-state index is 10.3. The van der Waals surface area contributed by atoms with Crippen LogP contribution in [-0.2, 0) is 4.79 Å². The molecule has 1 aliphatic heterocycles. The third-order valence-electron chi connectivity index (χ3n) is 2.24. The van der Waals surface area contributed by atoms with E-state index >= 15 is 0 Å². The first-order valence-corrected chi connectivity index (χ1v) is 3.99. The van der Waals surface area contributed by atoms with E-state index < -0.39 is 0 Å². The summed E-state index contributed by atoms with van der Waals surface area (Å²) in [5.74, 6) is 0.526. The molecule has 0 unspecified atom stereocenters. The topological polar surface area (TPSA) is 33.2 Å². The average molecular weight is 162 g/mol. The van der Waals surface area contributed by atoms with E-state index in [0.717, 1.165) is 19.5 Å². The van der Waals surface area contributed by atoms with Crippen LogP contribution >= 0.6 is 0 Å². The zero-order valence-corrected chi connectivity index (χ0v) is 6.68. The van der Waals surface area contributed by atoms with Crippen LogP contribution in [0.1, 0.15) is 11.5 Å². The smallest absolute Gasteiger partial charge is 0.209 e. The van der Waals surface area contributed by atoms with Gasteiger partial charge in [-0.05, 0) is 17.7 Å². The fourth-order valence-corrected chi connectivity index (χ4v) is 1.45. The standard InChI is InChI=1S/C9H10N2O/c12-7-11-5-9(6-11)8-1-3-10-4-2-8/h1-4,7,9H,5-6H2. The zero-order valence-electron chi connectivity index (χ0n) is 6.68. The summed E-state index contributed by atoms with van der Waals surface area (Å²) in [5.41, 5.74) is 1.28. The van der Waals surface area contributed by atoms with Crippen LogP contribution in [0.3, 0.4) is 0 Å². The highest BCUT2D eigenvalue weighted by atomic mass is 16.1. The minimum atomic E-state index is 0.526. The molecule has 3 heteroatoms. The molecule has 0 N–H and O–H groups in total. The van der Waals surface area contributed by atoms with Crippen LogP contribution in [0.25, 0.3) is 0 Å². The molecule has 0 spiro atoms. The maximum atomic E-state index is 10.3. The lowest BCUT2D eigenvalue weighted by atomic mass is 9.93. The van der Waals surface area contributed by atoms with E-state index in [9.17, 15) is 4.79 Å². The average Bonchev–Trinajstić information content (AvgIpc) is 2.04. The molecule has 0 atom stereocenters. The van der Waals surface area contributed by atoms with Gasteiger partial charge in [-0.1, -0.05) is 0 Å². The molecule has 1 aromatic heterocycles. The van der Waals surface area contributed by atoms with Gasteiger partial charge in [-0.3, -0.25) is 9.78 Å². The van der Waals surface area contributed by atoms with Crippen molar-refractivity contribution >= 4 is 6.41 Å². The van der Waals surface area contributed by atoms with Crippen LogP contribution in [0.5, 0.6) is 0 Å². The summed E-state index contributed by atoms with van der Waals surface area (Å²) in [6, 6.07) is 4.01. The molecular weight excluding hydrogens is 152 g/mol. The number of nitrogens with zero attached hydrogens (tertiary/aromatic N) is 2. The Labute approximate surface area is 71.0 Å². The van der Waals surface area contributed by atoms with Crippen LogP contribution in [0.4, 0.5) is 0 Å². The molecule has 0 bridgehead atoms. The van der Waals surface area contributed by atoms with Crippen LogP contribution in [-0.4, -0.2) is 29.4 Å². The molecule has 0 radical (unpaired) electrons. The molecule has 2 heterocycles. The second-order valence-corrected chi connectivity index (χ2v) is 3.04. The van der Waals surface area contributed by atoms with Gasteiger partial charge in [0.2, 0.25) is 6.41 Å². The summed E-state index contributed by atoms with van der Waals surface area (Å²) in [5, 5.41) is 0. The lowest BCUT2D eigenvalue weighted by Gasteiger charge is -2.36. The van der Waals surface area contributed by atoms with Crippen LogP contribution in [0, 0.1) is 0 Å². The first kappa shape index (κ1) is 7.28. The van der Waals surface area contributed by atoms with E-state index in [1.807, 2.05) is 12.1 Å². The fraction of sp³-hybridized carbons (Fsp3) is 0.333. The number of hydrogen-bond donors (Lipinski definition) is 0. The number of likely N-dealkylation sites (tertiary alicyclic amines) is 1. The molecule has 1 fully saturated rings. The van der Waals surface area contributed by atoms with Crippen molar-refractivity contribution in [1.82, 2.24) is 9.88 Å². The van der Waals surface area contributed by atoms with E-state index in [1.165, 1.54) is 5.56 Å². The van der Waals surface area contributed by atoms with Gasteiger partial charge in [-0.2, -0.15) is 0 Å². The lowest BCUT2D eigenvalue weighted by molar-refractivity contribution is -0.122. The molecule has 1 aliphatic rings. The van der Waals surface area contributed by atoms with Crippen molar-refractivity contribution in [1.29, 1.82) is 0 Å². The molecular formula is C9H10N2O. The van der Waals surface area contributed by atoms with Gasteiger partial charge in [-0.25, -0.2) is 0 Å². The molecule has 1 amide bonds. The van der Waals surface area contributed by atoms with E-state index in [4.69, 9.17) is 0 Å². The number of pyridine rings is 1. The third-order valence-corrected chi connectivity index (χ3v) is 2.24. The largest absolute Gasteiger partial charge is 0.344 e. The molecule has 62 valence electrons. The van der Waals surface area contributed by atoms with Crippen molar-refractivity contribution in [2.45, 2.75) is 5.92 Å². The second-order valence-electron chi connectivity index (χ2n) is 3.04. The van der Waals surface area contributed by atoms with Crippen LogP contribution in [0.2, 0.25) is 0 Å². The molecule has 0 aliphatic carbocycles. The second kappa shape index (κ2) is 2.93. The summed E-state index contributed by atoms with van der Waals surface area (Å²) in [6.45, 7) is 1.71. The Morgan fingerprint density at radius 1 is 1.42 bits per heavy atom. The number of amides is 1. The Morgan fingerprint density at radius 3 is 2.67 bits per heavy atom. The highest BCUT2D eigenvalue weighted by molar-refractivity contribution is 5.50. The van der Waals surface area contributed by atoms with Gasteiger partial charge < -0.3 is 4.90 Å². The number of aromatic nitrogens is 1. The quantitative estimate of drug-likeness (QED) is 0.598. The SMILES string of the molecule is O=CN1CC(c2ccncc2)C1. The van der Waals surface area contributed by atoms with E-state index in [2.05, 4.69) is 4.98 Å². The number of rotatable bonds is 2. The summed E-state index contributed by atoms with van der Waals surface area (Å²) in [7, 11) is 0.